The molecule has 0 radical (unpaired) electrons. The number of imide groups is 1. The van der Waals surface area contributed by atoms with Crippen molar-refractivity contribution in [2.45, 2.75) is 25.4 Å². The largest absolute Gasteiger partial charge is 0.333 e. The summed E-state index contributed by atoms with van der Waals surface area (Å²) in [6.07, 6.45) is 4.15. The molecule has 2 N–H and O–H groups in total. The number of nitrogens with one attached hydrogen (secondary N) is 2. The van der Waals surface area contributed by atoms with Gasteiger partial charge in [0.2, 0.25) is 11.8 Å². The van der Waals surface area contributed by atoms with Crippen molar-refractivity contribution in [1.29, 1.82) is 0 Å². The van der Waals surface area contributed by atoms with Crippen LogP contribution in [0.25, 0.3) is 33.4 Å². The van der Waals surface area contributed by atoms with Gasteiger partial charge >= 0.3 is 0 Å². The number of aromatic nitrogens is 4. The van der Waals surface area contributed by atoms with Gasteiger partial charge < -0.3 is 9.47 Å². The monoisotopic (exact) mass is 440 g/mol. The van der Waals surface area contributed by atoms with Gasteiger partial charge in [0.25, 0.3) is 5.91 Å². The van der Waals surface area contributed by atoms with Crippen LogP contribution in [0.5, 0.6) is 0 Å². The first-order valence-corrected chi connectivity index (χ1v) is 10.7. The minimum atomic E-state index is -0.627. The number of imidazole rings is 1. The summed E-state index contributed by atoms with van der Waals surface area (Å²) in [6.45, 7) is 0.331. The number of hydrogen-bond acceptors (Lipinski definition) is 5. The third kappa shape index (κ3) is 3.04. The van der Waals surface area contributed by atoms with Crippen LogP contribution < -0.4 is 5.32 Å². The Balaban J connectivity index is 1.36. The van der Waals surface area contributed by atoms with E-state index < -0.39 is 11.9 Å². The summed E-state index contributed by atoms with van der Waals surface area (Å²) >= 11 is 0. The Morgan fingerprint density at radius 1 is 1.06 bits per heavy atom. The SMILES string of the molecule is Cn1cnc(-c2ccc3c(c2)CN(C2CCC(=O)NC2=O)C3=O)c1-c1ccc2[nH]ncc2c1. The molecule has 6 rings (SSSR count). The molecule has 164 valence electrons. The van der Waals surface area contributed by atoms with Gasteiger partial charge in [-0.15, -0.1) is 0 Å². The van der Waals surface area contributed by atoms with Crippen LogP contribution in [0.4, 0.5) is 0 Å². The smallest absolute Gasteiger partial charge is 0.255 e. The lowest BCUT2D eigenvalue weighted by Crippen LogP contribution is -2.52. The number of fused-ring (bicyclic) bond motifs is 2. The highest BCUT2D eigenvalue weighted by Crippen LogP contribution is 2.35. The van der Waals surface area contributed by atoms with E-state index in [0.717, 1.165) is 39.0 Å². The van der Waals surface area contributed by atoms with Gasteiger partial charge in [0.15, 0.2) is 0 Å². The molecule has 2 aliphatic rings. The number of carbonyl (C=O) groups excluding carboxylic acids is 3. The van der Waals surface area contributed by atoms with Crippen LogP contribution >= 0.6 is 0 Å². The average molecular weight is 440 g/mol. The Morgan fingerprint density at radius 2 is 1.91 bits per heavy atom. The zero-order chi connectivity index (χ0) is 22.7. The number of nitrogens with zero attached hydrogens (tertiary/aromatic N) is 4. The van der Waals surface area contributed by atoms with Gasteiger partial charge in [-0.2, -0.15) is 5.10 Å². The molecule has 1 fully saturated rings. The van der Waals surface area contributed by atoms with E-state index in [1.54, 1.807) is 23.5 Å². The second kappa shape index (κ2) is 7.13. The summed E-state index contributed by atoms with van der Waals surface area (Å²) in [5, 5.41) is 10.4. The predicted octanol–water partition coefficient (Wildman–Crippen LogP) is 2.39. The Kier molecular flexibility index (Phi) is 4.19. The van der Waals surface area contributed by atoms with Crippen LogP contribution in [0.3, 0.4) is 0 Å². The van der Waals surface area contributed by atoms with Crippen molar-refractivity contribution < 1.29 is 14.4 Å². The lowest BCUT2D eigenvalue weighted by atomic mass is 10.00. The molecule has 4 heterocycles. The van der Waals surface area contributed by atoms with Crippen molar-refractivity contribution in [3.05, 3.63) is 60.0 Å². The van der Waals surface area contributed by atoms with Gasteiger partial charge in [0.05, 0.1) is 29.4 Å². The van der Waals surface area contributed by atoms with E-state index in [0.29, 0.717) is 18.5 Å². The molecular weight excluding hydrogens is 420 g/mol. The third-order valence-corrected chi connectivity index (χ3v) is 6.45. The fourth-order valence-corrected chi connectivity index (χ4v) is 4.79. The van der Waals surface area contributed by atoms with Gasteiger partial charge in [-0.1, -0.05) is 12.1 Å². The van der Waals surface area contributed by atoms with Crippen molar-refractivity contribution >= 4 is 28.6 Å². The van der Waals surface area contributed by atoms with E-state index in [2.05, 4.69) is 26.6 Å². The zero-order valence-corrected chi connectivity index (χ0v) is 17.8. The van der Waals surface area contributed by atoms with Crippen LogP contribution in [0.15, 0.2) is 48.9 Å². The van der Waals surface area contributed by atoms with E-state index in [-0.39, 0.29) is 18.2 Å². The first-order chi connectivity index (χ1) is 16.0. The van der Waals surface area contributed by atoms with Gasteiger partial charge in [-0.05, 0) is 36.2 Å². The number of benzene rings is 2. The Bertz CT molecular complexity index is 1470. The van der Waals surface area contributed by atoms with E-state index in [9.17, 15) is 14.4 Å². The number of amides is 3. The highest BCUT2D eigenvalue weighted by Gasteiger charge is 2.39. The molecule has 33 heavy (non-hydrogen) atoms. The summed E-state index contributed by atoms with van der Waals surface area (Å²) in [5.41, 5.74) is 6.09. The van der Waals surface area contributed by atoms with Crippen LogP contribution in [-0.4, -0.2) is 48.4 Å². The standard InChI is InChI=1S/C24H20N6O3/c1-29-12-25-21(22(29)14-3-5-18-15(9-14)10-26-28-18)13-2-4-17-16(8-13)11-30(24(17)33)19-6-7-20(31)27-23(19)32/h2-5,8-10,12,19H,6-7,11H2,1H3,(H,26,28)(H,27,31,32). The topological polar surface area (TPSA) is 113 Å². The fourth-order valence-electron chi connectivity index (χ4n) is 4.79. The number of H-pyrrole nitrogens is 1. The molecule has 0 saturated carbocycles. The minimum absolute atomic E-state index is 0.183. The fraction of sp³-hybridized carbons (Fsp3) is 0.208. The molecule has 0 aliphatic carbocycles. The lowest BCUT2D eigenvalue weighted by molar-refractivity contribution is -0.136. The maximum atomic E-state index is 13.0. The molecule has 1 saturated heterocycles. The van der Waals surface area contributed by atoms with Crippen LogP contribution in [0.2, 0.25) is 0 Å². The number of piperidine rings is 1. The highest BCUT2D eigenvalue weighted by molar-refractivity contribution is 6.05. The maximum absolute atomic E-state index is 13.0. The molecule has 1 atom stereocenters. The first-order valence-electron chi connectivity index (χ1n) is 10.7. The normalized spacial score (nSPS) is 18.2. The molecule has 4 aromatic rings. The van der Waals surface area contributed by atoms with Gasteiger partial charge in [0.1, 0.15) is 6.04 Å². The molecule has 3 amide bonds. The van der Waals surface area contributed by atoms with E-state index in [4.69, 9.17) is 0 Å². The molecule has 9 nitrogen and oxygen atoms in total. The van der Waals surface area contributed by atoms with Gasteiger partial charge in [0, 0.05) is 42.1 Å². The molecule has 2 aromatic heterocycles. The second-order valence-corrected chi connectivity index (χ2v) is 8.50. The highest BCUT2D eigenvalue weighted by atomic mass is 16.2. The van der Waals surface area contributed by atoms with E-state index in [1.807, 2.05) is 35.9 Å². The van der Waals surface area contributed by atoms with Crippen molar-refractivity contribution in [2.75, 3.05) is 0 Å². The Morgan fingerprint density at radius 3 is 2.76 bits per heavy atom. The molecule has 9 heteroatoms. The summed E-state index contributed by atoms with van der Waals surface area (Å²) in [7, 11) is 1.95. The number of carbonyl (C=O) groups is 3. The van der Waals surface area contributed by atoms with Gasteiger partial charge in [-0.3, -0.25) is 24.8 Å². The second-order valence-electron chi connectivity index (χ2n) is 8.50. The molecule has 2 aromatic carbocycles. The van der Waals surface area contributed by atoms with Crippen LogP contribution in [-0.2, 0) is 23.2 Å². The number of rotatable bonds is 3. The Labute approximate surface area is 188 Å². The summed E-state index contributed by atoms with van der Waals surface area (Å²) < 4.78 is 1.98. The summed E-state index contributed by atoms with van der Waals surface area (Å²) in [4.78, 5) is 43.0. The molecule has 2 aliphatic heterocycles. The number of hydrogen-bond donors (Lipinski definition) is 2. The van der Waals surface area contributed by atoms with Crippen molar-refractivity contribution in [3.8, 4) is 22.5 Å². The van der Waals surface area contributed by atoms with Crippen LogP contribution in [0, 0.1) is 0 Å². The van der Waals surface area contributed by atoms with E-state index >= 15 is 0 Å². The average Bonchev–Trinajstić information content (AvgIpc) is 3.50. The lowest BCUT2D eigenvalue weighted by Gasteiger charge is -2.29. The van der Waals surface area contributed by atoms with Crippen molar-refractivity contribution in [2.24, 2.45) is 7.05 Å². The molecule has 0 bridgehead atoms. The summed E-state index contributed by atoms with van der Waals surface area (Å²) in [5.74, 6) is -0.883. The maximum Gasteiger partial charge on any atom is 0.255 e. The summed E-state index contributed by atoms with van der Waals surface area (Å²) in [6, 6.07) is 11.1. The number of aryl methyl sites for hydroxylation is 1. The van der Waals surface area contributed by atoms with Gasteiger partial charge in [-0.25, -0.2) is 4.98 Å². The van der Waals surface area contributed by atoms with E-state index in [1.165, 1.54) is 0 Å². The third-order valence-electron chi connectivity index (χ3n) is 6.45. The Hall–Kier alpha value is -4.27. The first kappa shape index (κ1) is 19.4. The zero-order valence-electron chi connectivity index (χ0n) is 17.8. The predicted molar refractivity (Wildman–Crippen MR) is 120 cm³/mol. The van der Waals surface area contributed by atoms with Crippen LogP contribution in [0.1, 0.15) is 28.8 Å². The minimum Gasteiger partial charge on any atom is -0.333 e. The number of aromatic amines is 1. The van der Waals surface area contributed by atoms with Crippen molar-refractivity contribution in [1.82, 2.24) is 30.0 Å². The molecular formula is C24H20N6O3. The molecule has 1 unspecified atom stereocenters. The molecule has 0 spiro atoms. The van der Waals surface area contributed by atoms with Crippen molar-refractivity contribution in [3.63, 3.8) is 0 Å². The quantitative estimate of drug-likeness (QED) is 0.475.